The fraction of sp³-hybridized carbons (Fsp3) is 0.667. The maximum atomic E-state index is 10.4. The number of nitrogens with one attached hydrogen (secondary N) is 1. The summed E-state index contributed by atoms with van der Waals surface area (Å²) in [4.78, 5) is 10.4. The minimum absolute atomic E-state index is 0.00231. The molecule has 0 fully saturated rings. The average molecular weight is 259 g/mol. The molecule has 0 bridgehead atoms. The van der Waals surface area contributed by atoms with E-state index in [1.807, 2.05) is 0 Å². The van der Waals surface area contributed by atoms with Crippen molar-refractivity contribution >= 4 is 37.8 Å². The number of carbonyl (C=O) groups excluding carboxylic acids is 1. The predicted octanol–water partition coefficient (Wildman–Crippen LogP) is 0.989. The van der Waals surface area contributed by atoms with Crippen molar-refractivity contribution in [1.82, 2.24) is 0 Å². The van der Waals surface area contributed by atoms with Crippen molar-refractivity contribution in [3.8, 4) is 0 Å². The molecule has 0 atom stereocenters. The number of rotatable bonds is 3. The summed E-state index contributed by atoms with van der Waals surface area (Å²) in [6.07, 6.45) is 0. The van der Waals surface area contributed by atoms with Crippen LogP contribution in [-0.4, -0.2) is 15.7 Å². The zero-order valence-corrected chi connectivity index (χ0v) is 7.57. The molecule has 0 aromatic heterocycles. The Labute approximate surface area is 68.9 Å². The molecule has 0 saturated carbocycles. The zero-order valence-electron chi connectivity index (χ0n) is 4.40. The standard InChI is InChI=1S/C3H5Br2N3O/c4-3(5,1-8-7)2(6)9/h7H,1H2,(H2,6,9). The minimum Gasteiger partial charge on any atom is -0.368 e. The predicted molar refractivity (Wildman–Crippen MR) is 39.8 cm³/mol. The lowest BCUT2D eigenvalue weighted by atomic mass is 10.4. The highest BCUT2D eigenvalue weighted by molar-refractivity contribution is 9.26. The third-order valence-corrected chi connectivity index (χ3v) is 1.92. The molecule has 0 aliphatic carbocycles. The lowest BCUT2D eigenvalue weighted by molar-refractivity contribution is -0.117. The lowest BCUT2D eigenvalue weighted by Crippen LogP contribution is -2.34. The molecule has 0 aromatic carbocycles. The van der Waals surface area contributed by atoms with Crippen LogP contribution >= 0.6 is 31.9 Å². The van der Waals surface area contributed by atoms with Gasteiger partial charge in [-0.2, -0.15) is 5.11 Å². The van der Waals surface area contributed by atoms with Crippen molar-refractivity contribution in [2.45, 2.75) is 3.23 Å². The summed E-state index contributed by atoms with van der Waals surface area (Å²) in [6.45, 7) is 0.00231. The van der Waals surface area contributed by atoms with E-state index < -0.39 is 9.14 Å². The van der Waals surface area contributed by atoms with E-state index >= 15 is 0 Å². The van der Waals surface area contributed by atoms with Crippen LogP contribution in [0.15, 0.2) is 5.11 Å². The Kier molecular flexibility index (Phi) is 3.27. The quantitative estimate of drug-likeness (QED) is 0.575. The first-order valence-electron chi connectivity index (χ1n) is 2.01. The van der Waals surface area contributed by atoms with Gasteiger partial charge in [0, 0.05) is 0 Å². The van der Waals surface area contributed by atoms with Crippen LogP contribution in [0.4, 0.5) is 0 Å². The number of primary amides is 1. The molecule has 0 unspecified atom stereocenters. The van der Waals surface area contributed by atoms with Gasteiger partial charge in [-0.15, -0.1) is 0 Å². The van der Waals surface area contributed by atoms with Crippen LogP contribution in [-0.2, 0) is 4.79 Å². The van der Waals surface area contributed by atoms with E-state index in [1.165, 1.54) is 0 Å². The topological polar surface area (TPSA) is 79.3 Å². The number of nitrogens with zero attached hydrogens (tertiary/aromatic N) is 1. The summed E-state index contributed by atoms with van der Waals surface area (Å²) in [5.74, 6) is -0.585. The summed E-state index contributed by atoms with van der Waals surface area (Å²) in [6, 6.07) is 0. The second-order valence-corrected chi connectivity index (χ2v) is 5.16. The van der Waals surface area contributed by atoms with Crippen LogP contribution in [0.5, 0.6) is 0 Å². The van der Waals surface area contributed by atoms with E-state index in [9.17, 15) is 4.79 Å². The molecular weight excluding hydrogens is 254 g/mol. The van der Waals surface area contributed by atoms with E-state index in [1.54, 1.807) is 0 Å². The van der Waals surface area contributed by atoms with Crippen molar-refractivity contribution in [1.29, 1.82) is 5.53 Å². The Balaban J connectivity index is 4.00. The summed E-state index contributed by atoms with van der Waals surface area (Å²) < 4.78 is -1.04. The third-order valence-electron chi connectivity index (χ3n) is 0.638. The molecule has 6 heteroatoms. The van der Waals surface area contributed by atoms with E-state index in [0.29, 0.717) is 0 Å². The maximum Gasteiger partial charge on any atom is 0.247 e. The monoisotopic (exact) mass is 257 g/mol. The zero-order chi connectivity index (χ0) is 7.49. The lowest BCUT2D eigenvalue weighted by Gasteiger charge is -2.10. The summed E-state index contributed by atoms with van der Waals surface area (Å²) in [5, 5.41) is 2.98. The summed E-state index contributed by atoms with van der Waals surface area (Å²) in [5.41, 5.74) is 11.3. The van der Waals surface area contributed by atoms with E-state index in [0.717, 1.165) is 0 Å². The molecule has 4 nitrogen and oxygen atoms in total. The molecule has 1 amide bonds. The Morgan fingerprint density at radius 3 is 2.33 bits per heavy atom. The summed E-state index contributed by atoms with van der Waals surface area (Å²) >= 11 is 5.87. The molecule has 0 spiro atoms. The summed E-state index contributed by atoms with van der Waals surface area (Å²) in [7, 11) is 0. The van der Waals surface area contributed by atoms with Crippen LogP contribution in [0, 0.1) is 5.53 Å². The van der Waals surface area contributed by atoms with Crippen molar-refractivity contribution in [2.75, 3.05) is 6.54 Å². The first-order chi connectivity index (χ1) is 4.00. The van der Waals surface area contributed by atoms with Crippen LogP contribution in [0.1, 0.15) is 0 Å². The molecule has 0 radical (unpaired) electrons. The fourth-order valence-corrected chi connectivity index (χ4v) is 0.428. The molecule has 0 heterocycles. The maximum absolute atomic E-state index is 10.4. The van der Waals surface area contributed by atoms with E-state index in [2.05, 4.69) is 37.0 Å². The van der Waals surface area contributed by atoms with Gasteiger partial charge in [0.1, 0.15) is 0 Å². The van der Waals surface area contributed by atoms with Crippen molar-refractivity contribution in [2.24, 2.45) is 10.8 Å². The van der Waals surface area contributed by atoms with Crippen LogP contribution in [0.3, 0.4) is 0 Å². The van der Waals surface area contributed by atoms with Crippen LogP contribution in [0.25, 0.3) is 0 Å². The highest BCUT2D eigenvalue weighted by atomic mass is 79.9. The van der Waals surface area contributed by atoms with Gasteiger partial charge < -0.3 is 5.73 Å². The largest absolute Gasteiger partial charge is 0.368 e. The van der Waals surface area contributed by atoms with Gasteiger partial charge in [-0.1, -0.05) is 31.9 Å². The van der Waals surface area contributed by atoms with Gasteiger partial charge in [0.15, 0.2) is 3.23 Å². The average Bonchev–Trinajstić information content (AvgIpc) is 1.65. The number of nitrogens with two attached hydrogens (primary N) is 1. The molecule has 0 aliphatic rings. The van der Waals surface area contributed by atoms with Gasteiger partial charge >= 0.3 is 0 Å². The second-order valence-electron chi connectivity index (χ2n) is 1.38. The van der Waals surface area contributed by atoms with Crippen molar-refractivity contribution in [3.05, 3.63) is 0 Å². The molecule has 0 saturated heterocycles. The van der Waals surface area contributed by atoms with E-state index in [-0.39, 0.29) is 6.54 Å². The molecule has 52 valence electrons. The molecule has 0 aliphatic heterocycles. The Morgan fingerprint density at radius 1 is 1.78 bits per heavy atom. The third kappa shape index (κ3) is 2.90. The number of carbonyl (C=O) groups is 1. The second kappa shape index (κ2) is 3.26. The first kappa shape index (κ1) is 9.03. The Morgan fingerprint density at radius 2 is 2.22 bits per heavy atom. The molecule has 0 aromatic rings. The number of hydrogen-bond donors (Lipinski definition) is 2. The highest BCUT2D eigenvalue weighted by Gasteiger charge is 2.29. The number of halogens is 2. The van der Waals surface area contributed by atoms with Gasteiger partial charge in [0.05, 0.1) is 6.54 Å². The smallest absolute Gasteiger partial charge is 0.247 e. The van der Waals surface area contributed by atoms with Crippen LogP contribution in [0.2, 0.25) is 0 Å². The van der Waals surface area contributed by atoms with E-state index in [4.69, 9.17) is 11.3 Å². The molecule has 0 rings (SSSR count). The highest BCUT2D eigenvalue weighted by Crippen LogP contribution is 2.25. The van der Waals surface area contributed by atoms with Crippen LogP contribution < -0.4 is 5.73 Å². The fourth-order valence-electron chi connectivity index (χ4n) is 0.177. The van der Waals surface area contributed by atoms with Gasteiger partial charge in [0.2, 0.25) is 5.91 Å². The van der Waals surface area contributed by atoms with Gasteiger partial charge in [-0.3, -0.25) is 4.79 Å². The minimum atomic E-state index is -1.04. The molecule has 9 heavy (non-hydrogen) atoms. The number of alkyl halides is 2. The van der Waals surface area contributed by atoms with Crippen molar-refractivity contribution < 1.29 is 4.79 Å². The molecule has 3 N–H and O–H groups in total. The Hall–Kier alpha value is 0.0300. The first-order valence-corrected chi connectivity index (χ1v) is 3.60. The van der Waals surface area contributed by atoms with Crippen molar-refractivity contribution in [3.63, 3.8) is 0 Å². The Bertz CT molecular complexity index is 135. The van der Waals surface area contributed by atoms with Gasteiger partial charge in [-0.05, 0) is 0 Å². The molecular formula is C3H5Br2N3O. The number of hydrogen-bond acceptors (Lipinski definition) is 3. The van der Waals surface area contributed by atoms with Gasteiger partial charge in [-0.25, -0.2) is 5.53 Å². The normalized spacial score (nSPS) is 10.9. The SMILES string of the molecule is N=NCC(Br)(Br)C(N)=O. The van der Waals surface area contributed by atoms with Gasteiger partial charge in [0.25, 0.3) is 0 Å². The number of amides is 1.